The molecule has 0 spiro atoms. The van der Waals surface area contributed by atoms with Gasteiger partial charge in [0.2, 0.25) is 0 Å². The van der Waals surface area contributed by atoms with Crippen molar-refractivity contribution >= 4 is 17.4 Å². The van der Waals surface area contributed by atoms with E-state index in [1.165, 1.54) is 11.2 Å². The van der Waals surface area contributed by atoms with Crippen LogP contribution in [0.4, 0.5) is 0 Å². The molecule has 1 aromatic carbocycles. The first-order valence-electron chi connectivity index (χ1n) is 10.8. The van der Waals surface area contributed by atoms with E-state index >= 15 is 0 Å². The molecule has 0 aliphatic carbocycles. The molecule has 2 heterocycles. The van der Waals surface area contributed by atoms with Gasteiger partial charge in [0.1, 0.15) is 23.3 Å². The van der Waals surface area contributed by atoms with Crippen LogP contribution < -0.4 is 4.74 Å². The molecule has 1 unspecified atom stereocenters. The molecule has 1 aromatic heterocycles. The minimum atomic E-state index is -0.772. The predicted octanol–water partition coefficient (Wildman–Crippen LogP) is 3.83. The second-order valence-electron chi connectivity index (χ2n) is 7.41. The molecule has 166 valence electrons. The third kappa shape index (κ3) is 4.82. The highest BCUT2D eigenvalue weighted by molar-refractivity contribution is 6.46. The average Bonchev–Trinajstić information content (AvgIpc) is 3.40. The topological polar surface area (TPSA) is 83.2 Å². The number of aliphatic hydroxyl groups is 1. The van der Waals surface area contributed by atoms with Crippen LogP contribution in [0.1, 0.15) is 44.6 Å². The number of carbonyl (C=O) groups excluding carboxylic acids is 2. The van der Waals surface area contributed by atoms with Crippen LogP contribution in [0.5, 0.6) is 5.75 Å². The Morgan fingerprint density at radius 1 is 1.16 bits per heavy atom. The number of hydrogen-bond acceptors (Lipinski definition) is 6. The Hall–Kier alpha value is -3.06. The summed E-state index contributed by atoms with van der Waals surface area (Å²) in [6.45, 7) is 9.32. The van der Waals surface area contributed by atoms with E-state index in [4.69, 9.17) is 9.15 Å². The van der Waals surface area contributed by atoms with E-state index in [-0.39, 0.29) is 11.3 Å². The van der Waals surface area contributed by atoms with Gasteiger partial charge in [0, 0.05) is 18.7 Å². The lowest BCUT2D eigenvalue weighted by Crippen LogP contribution is -2.37. The summed E-state index contributed by atoms with van der Waals surface area (Å²) in [4.78, 5) is 29.5. The van der Waals surface area contributed by atoms with Gasteiger partial charge in [-0.25, -0.2) is 0 Å². The molecule has 0 saturated carbocycles. The minimum absolute atomic E-state index is 0.0344. The number of likely N-dealkylation sites (tertiary alicyclic amines) is 1. The third-order valence-electron chi connectivity index (χ3n) is 5.48. The standard InChI is InChI=1S/C24H30N2O5/c1-4-14-30-18-10-7-9-17(16-18)22(27)20-21(19-11-8-15-31-19)26(24(29)23(20)28)13-12-25(5-2)6-3/h7-11,15-16,21,27H,4-6,12-14H2,1-3H3/b22-20+. The number of Topliss-reactive ketones (excluding diaryl/α,β-unsaturated/α-hetero) is 1. The lowest BCUT2D eigenvalue weighted by atomic mass is 9.99. The molecule has 7 heteroatoms. The Kier molecular flexibility index (Phi) is 7.52. The Morgan fingerprint density at radius 3 is 2.58 bits per heavy atom. The fourth-order valence-corrected chi connectivity index (χ4v) is 3.75. The number of rotatable bonds is 10. The van der Waals surface area contributed by atoms with Crippen molar-refractivity contribution in [3.05, 3.63) is 59.6 Å². The quantitative estimate of drug-likeness (QED) is 0.353. The summed E-state index contributed by atoms with van der Waals surface area (Å²) < 4.78 is 11.2. The molecule has 1 saturated heterocycles. The van der Waals surface area contributed by atoms with Crippen LogP contribution in [0.25, 0.3) is 5.76 Å². The van der Waals surface area contributed by atoms with E-state index in [2.05, 4.69) is 18.7 Å². The number of aliphatic hydroxyl groups excluding tert-OH is 1. The predicted molar refractivity (Wildman–Crippen MR) is 118 cm³/mol. The zero-order valence-corrected chi connectivity index (χ0v) is 18.3. The summed E-state index contributed by atoms with van der Waals surface area (Å²) in [5.74, 6) is -0.534. The molecule has 2 aromatic rings. The molecule has 1 N–H and O–H groups in total. The SMILES string of the molecule is CCCOc1cccc(/C(O)=C2\C(=O)C(=O)N(CCN(CC)CC)C2c2ccco2)c1. The number of ketones is 1. The Balaban J connectivity index is 2.01. The van der Waals surface area contributed by atoms with Crippen molar-refractivity contribution in [2.45, 2.75) is 33.2 Å². The smallest absolute Gasteiger partial charge is 0.295 e. The number of benzene rings is 1. The van der Waals surface area contributed by atoms with E-state index < -0.39 is 17.7 Å². The molecule has 0 radical (unpaired) electrons. The second kappa shape index (κ2) is 10.3. The molecule has 1 fully saturated rings. The number of amides is 1. The van der Waals surface area contributed by atoms with E-state index in [0.717, 1.165) is 19.5 Å². The molecule has 7 nitrogen and oxygen atoms in total. The maximum Gasteiger partial charge on any atom is 0.295 e. The monoisotopic (exact) mass is 426 g/mol. The molecule has 0 bridgehead atoms. The van der Waals surface area contributed by atoms with Crippen LogP contribution in [0, 0.1) is 0 Å². The Bertz CT molecular complexity index is 931. The lowest BCUT2D eigenvalue weighted by Gasteiger charge is -2.26. The van der Waals surface area contributed by atoms with E-state index in [1.807, 2.05) is 6.92 Å². The summed E-state index contributed by atoms with van der Waals surface area (Å²) in [7, 11) is 0. The molecule has 1 aliphatic rings. The number of hydrogen-bond donors (Lipinski definition) is 1. The Labute approximate surface area is 182 Å². The summed E-state index contributed by atoms with van der Waals surface area (Å²) in [5, 5.41) is 11.1. The maximum absolute atomic E-state index is 13.0. The van der Waals surface area contributed by atoms with E-state index in [9.17, 15) is 14.7 Å². The highest BCUT2D eigenvalue weighted by Gasteiger charge is 2.47. The molecule has 1 amide bonds. The van der Waals surface area contributed by atoms with Gasteiger partial charge < -0.3 is 24.1 Å². The van der Waals surface area contributed by atoms with Crippen molar-refractivity contribution < 1.29 is 23.8 Å². The van der Waals surface area contributed by atoms with Crippen LogP contribution in [0.3, 0.4) is 0 Å². The first kappa shape index (κ1) is 22.6. The highest BCUT2D eigenvalue weighted by atomic mass is 16.5. The van der Waals surface area contributed by atoms with E-state index in [0.29, 0.717) is 36.8 Å². The third-order valence-corrected chi connectivity index (χ3v) is 5.48. The number of ether oxygens (including phenoxy) is 1. The Morgan fingerprint density at radius 2 is 1.94 bits per heavy atom. The molecular weight excluding hydrogens is 396 g/mol. The van der Waals surface area contributed by atoms with Gasteiger partial charge in [-0.2, -0.15) is 0 Å². The van der Waals surface area contributed by atoms with Crippen LogP contribution in [-0.2, 0) is 9.59 Å². The van der Waals surface area contributed by atoms with Gasteiger partial charge >= 0.3 is 0 Å². The number of likely N-dealkylation sites (N-methyl/N-ethyl adjacent to an activating group) is 1. The summed E-state index contributed by atoms with van der Waals surface area (Å²) in [6.07, 6.45) is 2.35. The van der Waals surface area contributed by atoms with Crippen LogP contribution >= 0.6 is 0 Å². The van der Waals surface area contributed by atoms with Crippen molar-refractivity contribution in [2.75, 3.05) is 32.8 Å². The zero-order valence-electron chi connectivity index (χ0n) is 18.3. The molecule has 3 rings (SSSR count). The first-order valence-corrected chi connectivity index (χ1v) is 10.8. The van der Waals surface area contributed by atoms with Crippen LogP contribution in [-0.4, -0.2) is 59.4 Å². The second-order valence-corrected chi connectivity index (χ2v) is 7.41. The molecular formula is C24H30N2O5. The van der Waals surface area contributed by atoms with E-state index in [1.54, 1.807) is 36.4 Å². The fourth-order valence-electron chi connectivity index (χ4n) is 3.75. The maximum atomic E-state index is 13.0. The van der Waals surface area contributed by atoms with Crippen molar-refractivity contribution in [1.82, 2.24) is 9.80 Å². The molecule has 1 aliphatic heterocycles. The first-order chi connectivity index (χ1) is 15.0. The van der Waals surface area contributed by atoms with Gasteiger partial charge in [0.15, 0.2) is 0 Å². The summed E-state index contributed by atoms with van der Waals surface area (Å²) >= 11 is 0. The van der Waals surface area contributed by atoms with Gasteiger partial charge in [-0.15, -0.1) is 0 Å². The van der Waals surface area contributed by atoms with Gasteiger partial charge in [-0.3, -0.25) is 9.59 Å². The normalized spacial score (nSPS) is 18.2. The summed E-state index contributed by atoms with van der Waals surface area (Å²) in [5.41, 5.74) is 0.457. The van der Waals surface area contributed by atoms with Gasteiger partial charge in [0.25, 0.3) is 11.7 Å². The summed E-state index contributed by atoms with van der Waals surface area (Å²) in [6, 6.07) is 9.56. The fraction of sp³-hybridized carbons (Fsp3) is 0.417. The van der Waals surface area contributed by atoms with Crippen molar-refractivity contribution in [2.24, 2.45) is 0 Å². The van der Waals surface area contributed by atoms with Gasteiger partial charge in [-0.05, 0) is 43.8 Å². The van der Waals surface area contributed by atoms with Gasteiger partial charge in [0.05, 0.1) is 18.4 Å². The van der Waals surface area contributed by atoms with Crippen molar-refractivity contribution in [3.8, 4) is 5.75 Å². The largest absolute Gasteiger partial charge is 0.507 e. The number of furan rings is 1. The van der Waals surface area contributed by atoms with Gasteiger partial charge in [-0.1, -0.05) is 32.9 Å². The lowest BCUT2D eigenvalue weighted by molar-refractivity contribution is -0.140. The molecule has 1 atom stereocenters. The number of nitrogens with zero attached hydrogens (tertiary/aromatic N) is 2. The van der Waals surface area contributed by atoms with Crippen molar-refractivity contribution in [3.63, 3.8) is 0 Å². The number of carbonyl (C=O) groups is 2. The van der Waals surface area contributed by atoms with Crippen LogP contribution in [0.2, 0.25) is 0 Å². The zero-order chi connectivity index (χ0) is 22.4. The highest BCUT2D eigenvalue weighted by Crippen LogP contribution is 2.39. The molecule has 31 heavy (non-hydrogen) atoms. The van der Waals surface area contributed by atoms with Crippen molar-refractivity contribution in [1.29, 1.82) is 0 Å². The van der Waals surface area contributed by atoms with Crippen LogP contribution in [0.15, 0.2) is 52.7 Å². The minimum Gasteiger partial charge on any atom is -0.507 e. The average molecular weight is 427 g/mol.